The molecule has 0 rings (SSSR count). The van der Waals surface area contributed by atoms with Crippen LogP contribution in [0.5, 0.6) is 0 Å². The molecule has 1 unspecified atom stereocenters. The molecule has 1 atom stereocenters. The van der Waals surface area contributed by atoms with Gasteiger partial charge in [-0.1, -0.05) is 314 Å². The Morgan fingerprint density at radius 3 is 0.956 bits per heavy atom. The maximum absolute atomic E-state index is 12.2. The van der Waals surface area contributed by atoms with Crippen LogP contribution >= 0.6 is 0 Å². The molecule has 0 aliphatic carbocycles. The van der Waals surface area contributed by atoms with Crippen LogP contribution in [0.1, 0.15) is 335 Å². The van der Waals surface area contributed by atoms with Gasteiger partial charge in [0.1, 0.15) is 6.61 Å². The Hall–Kier alpha value is -1.88. The lowest BCUT2D eigenvalue weighted by Crippen LogP contribution is -2.28. The van der Waals surface area contributed by atoms with Crippen LogP contribution in [0.25, 0.3) is 0 Å². The van der Waals surface area contributed by atoms with Crippen molar-refractivity contribution in [3.8, 4) is 0 Å². The van der Waals surface area contributed by atoms with Crippen LogP contribution in [-0.4, -0.2) is 36.4 Å². The van der Waals surface area contributed by atoms with E-state index in [1.54, 1.807) is 0 Å². The lowest BCUT2D eigenvalue weighted by molar-refractivity contribution is -0.161. The van der Waals surface area contributed by atoms with Crippen LogP contribution in [-0.2, 0) is 19.1 Å². The van der Waals surface area contributed by atoms with Gasteiger partial charge >= 0.3 is 11.9 Å². The summed E-state index contributed by atoms with van der Waals surface area (Å²) in [7, 11) is 0. The number of carbonyl (C=O) groups is 2. The van der Waals surface area contributed by atoms with Crippen LogP contribution in [0.2, 0.25) is 0 Å². The molecule has 5 nitrogen and oxygen atoms in total. The Balaban J connectivity index is 3.32. The van der Waals surface area contributed by atoms with Gasteiger partial charge in [-0.2, -0.15) is 0 Å². The minimum atomic E-state index is -0.785. The quantitative estimate of drug-likeness (QED) is 0.0374. The van der Waals surface area contributed by atoms with Crippen molar-refractivity contribution in [1.82, 2.24) is 0 Å². The second-order valence-corrected chi connectivity index (χ2v) is 20.8. The van der Waals surface area contributed by atoms with Crippen molar-refractivity contribution in [3.05, 3.63) is 36.5 Å². The van der Waals surface area contributed by atoms with Crippen molar-refractivity contribution < 1.29 is 24.2 Å². The van der Waals surface area contributed by atoms with E-state index in [4.69, 9.17) is 9.47 Å². The first-order chi connectivity index (χ1) is 33.6. The Kier molecular flexibility index (Phi) is 57.8. The highest BCUT2D eigenvalue weighted by molar-refractivity contribution is 5.70. The molecular formula is C63H118O5. The number of aliphatic hydroxyl groups is 1. The molecule has 0 saturated carbocycles. The summed E-state index contributed by atoms with van der Waals surface area (Å²) in [5.74, 6) is -0.613. The van der Waals surface area contributed by atoms with E-state index in [0.29, 0.717) is 12.8 Å². The summed E-state index contributed by atoms with van der Waals surface area (Å²) in [6, 6.07) is 0. The zero-order chi connectivity index (χ0) is 49.2. The molecule has 0 bridgehead atoms. The number of unbranched alkanes of at least 4 members (excludes halogenated alkanes) is 43. The molecule has 0 spiro atoms. The minimum Gasteiger partial charge on any atom is -0.462 e. The SMILES string of the molecule is CC/C=C\C/C=C\C/C=C\CCCCCC(=O)OC(CO)COC(=O)CCCCCCCCCCCCCCCCCCCCCCCCCCCCCCCCCCCCCCCCCCC. The molecule has 0 aliphatic heterocycles. The van der Waals surface area contributed by atoms with Crippen molar-refractivity contribution >= 4 is 11.9 Å². The van der Waals surface area contributed by atoms with Gasteiger partial charge in [-0.3, -0.25) is 9.59 Å². The van der Waals surface area contributed by atoms with Crippen molar-refractivity contribution in [1.29, 1.82) is 0 Å². The first kappa shape index (κ1) is 66.1. The van der Waals surface area contributed by atoms with Gasteiger partial charge < -0.3 is 14.6 Å². The summed E-state index contributed by atoms with van der Waals surface area (Å²) < 4.78 is 10.6. The van der Waals surface area contributed by atoms with E-state index in [1.807, 2.05) is 0 Å². The van der Waals surface area contributed by atoms with Gasteiger partial charge in [0.25, 0.3) is 0 Å². The third-order valence-electron chi connectivity index (χ3n) is 13.9. The number of hydrogen-bond donors (Lipinski definition) is 1. The highest BCUT2D eigenvalue weighted by Crippen LogP contribution is 2.18. The van der Waals surface area contributed by atoms with Crippen LogP contribution in [0.4, 0.5) is 0 Å². The standard InChI is InChI=1S/C63H118O5/c1-3-5-7-9-11-13-15-17-18-19-20-21-22-23-24-25-26-27-28-29-30-31-32-33-34-35-36-37-38-39-40-41-42-43-44-46-47-49-51-53-55-57-62(65)67-60-61(59-64)68-63(66)58-56-54-52-50-48-45-16-14-12-10-8-6-4-2/h6,8,12,14,45,48,61,64H,3-5,7,9-11,13,15-44,46-47,49-60H2,1-2H3/b8-6-,14-12-,48-45-. The average molecular weight is 956 g/mol. The molecule has 1 N–H and O–H groups in total. The van der Waals surface area contributed by atoms with Gasteiger partial charge in [0.15, 0.2) is 6.10 Å². The topological polar surface area (TPSA) is 72.8 Å². The van der Waals surface area contributed by atoms with Gasteiger partial charge in [-0.05, 0) is 44.9 Å². The molecule has 0 aromatic rings. The van der Waals surface area contributed by atoms with Crippen molar-refractivity contribution in [3.63, 3.8) is 0 Å². The number of carbonyl (C=O) groups excluding carboxylic acids is 2. The summed E-state index contributed by atoms with van der Waals surface area (Å²) >= 11 is 0. The highest BCUT2D eigenvalue weighted by Gasteiger charge is 2.16. The second kappa shape index (κ2) is 59.4. The normalized spacial score (nSPS) is 12.3. The summed E-state index contributed by atoms with van der Waals surface area (Å²) in [6.45, 7) is 4.03. The van der Waals surface area contributed by atoms with Crippen molar-refractivity contribution in [2.45, 2.75) is 341 Å². The van der Waals surface area contributed by atoms with Gasteiger partial charge in [-0.15, -0.1) is 0 Å². The van der Waals surface area contributed by atoms with Gasteiger partial charge in [0.2, 0.25) is 0 Å². The summed E-state index contributed by atoms with van der Waals surface area (Å²) in [5, 5.41) is 9.61. The van der Waals surface area contributed by atoms with E-state index in [9.17, 15) is 14.7 Å². The Bertz CT molecular complexity index is 1080. The van der Waals surface area contributed by atoms with Crippen LogP contribution < -0.4 is 0 Å². The number of esters is 2. The Labute approximate surface area is 425 Å². The molecule has 0 aliphatic rings. The number of rotatable bonds is 57. The first-order valence-corrected chi connectivity index (χ1v) is 30.5. The molecule has 400 valence electrons. The van der Waals surface area contributed by atoms with E-state index >= 15 is 0 Å². The first-order valence-electron chi connectivity index (χ1n) is 30.5. The predicted octanol–water partition coefficient (Wildman–Crippen LogP) is 20.6. The fourth-order valence-corrected chi connectivity index (χ4v) is 9.40. The van der Waals surface area contributed by atoms with E-state index in [-0.39, 0.29) is 25.2 Å². The Morgan fingerprint density at radius 1 is 0.353 bits per heavy atom. The largest absolute Gasteiger partial charge is 0.462 e. The average Bonchev–Trinajstić information content (AvgIpc) is 3.34. The number of ether oxygens (including phenoxy) is 2. The zero-order valence-corrected chi connectivity index (χ0v) is 45.9. The predicted molar refractivity (Wildman–Crippen MR) is 298 cm³/mol. The number of hydrogen-bond acceptors (Lipinski definition) is 5. The van der Waals surface area contributed by atoms with E-state index < -0.39 is 6.10 Å². The summed E-state index contributed by atoms with van der Waals surface area (Å²) in [5.41, 5.74) is 0. The van der Waals surface area contributed by atoms with Crippen LogP contribution in [0, 0.1) is 0 Å². The molecule has 0 radical (unpaired) electrons. The fourth-order valence-electron chi connectivity index (χ4n) is 9.40. The van der Waals surface area contributed by atoms with Crippen molar-refractivity contribution in [2.24, 2.45) is 0 Å². The molecule has 0 heterocycles. The van der Waals surface area contributed by atoms with Gasteiger partial charge in [0, 0.05) is 12.8 Å². The van der Waals surface area contributed by atoms with Crippen LogP contribution in [0.15, 0.2) is 36.5 Å². The van der Waals surface area contributed by atoms with Crippen molar-refractivity contribution in [2.75, 3.05) is 13.2 Å². The third kappa shape index (κ3) is 56.7. The number of allylic oxidation sites excluding steroid dienone is 6. The van der Waals surface area contributed by atoms with E-state index in [0.717, 1.165) is 64.2 Å². The fraction of sp³-hybridized carbons (Fsp3) is 0.873. The minimum absolute atomic E-state index is 0.0744. The second-order valence-electron chi connectivity index (χ2n) is 20.8. The van der Waals surface area contributed by atoms with Gasteiger partial charge in [0.05, 0.1) is 6.61 Å². The molecule has 0 aromatic carbocycles. The summed E-state index contributed by atoms with van der Waals surface area (Å²) in [6.07, 6.45) is 77.6. The van der Waals surface area contributed by atoms with Crippen LogP contribution in [0.3, 0.4) is 0 Å². The maximum Gasteiger partial charge on any atom is 0.306 e. The Morgan fingerprint density at radius 2 is 0.632 bits per heavy atom. The monoisotopic (exact) mass is 955 g/mol. The lowest BCUT2D eigenvalue weighted by atomic mass is 10.0. The molecule has 5 heteroatoms. The molecule has 0 fully saturated rings. The summed E-state index contributed by atoms with van der Waals surface area (Å²) in [4.78, 5) is 24.4. The molecule has 0 aromatic heterocycles. The van der Waals surface area contributed by atoms with E-state index in [2.05, 4.69) is 50.3 Å². The lowest BCUT2D eigenvalue weighted by Gasteiger charge is -2.15. The molecule has 0 saturated heterocycles. The number of aliphatic hydroxyl groups excluding tert-OH is 1. The molecule has 68 heavy (non-hydrogen) atoms. The molecular weight excluding hydrogens is 837 g/mol. The van der Waals surface area contributed by atoms with Gasteiger partial charge in [-0.25, -0.2) is 0 Å². The maximum atomic E-state index is 12.2. The smallest absolute Gasteiger partial charge is 0.306 e. The third-order valence-corrected chi connectivity index (χ3v) is 13.9. The highest BCUT2D eigenvalue weighted by atomic mass is 16.6. The van der Waals surface area contributed by atoms with E-state index in [1.165, 1.54) is 244 Å². The zero-order valence-electron chi connectivity index (χ0n) is 45.9. The molecule has 0 amide bonds.